The molecule has 1 aromatic carbocycles. The van der Waals surface area contributed by atoms with E-state index in [-0.39, 0.29) is 11.9 Å². The van der Waals surface area contributed by atoms with Gasteiger partial charge in [-0.3, -0.25) is 4.79 Å². The van der Waals surface area contributed by atoms with Gasteiger partial charge in [0.15, 0.2) is 0 Å². The summed E-state index contributed by atoms with van der Waals surface area (Å²) in [4.78, 5) is 25.8. The van der Waals surface area contributed by atoms with Crippen molar-refractivity contribution >= 4 is 12.0 Å². The summed E-state index contributed by atoms with van der Waals surface area (Å²) < 4.78 is 10.2. The van der Waals surface area contributed by atoms with Gasteiger partial charge in [-0.05, 0) is 25.8 Å². The summed E-state index contributed by atoms with van der Waals surface area (Å²) in [7, 11) is 1.60. The largest absolute Gasteiger partial charge is 0.496 e. The molecule has 0 spiro atoms. The molecule has 6 heteroatoms. The van der Waals surface area contributed by atoms with Gasteiger partial charge in [-0.2, -0.15) is 0 Å². The van der Waals surface area contributed by atoms with Gasteiger partial charge in [0.05, 0.1) is 20.1 Å². The number of alkyl carbamates (subject to hydrolysis) is 1. The molecule has 23 heavy (non-hydrogen) atoms. The molecule has 0 aliphatic carbocycles. The summed E-state index contributed by atoms with van der Waals surface area (Å²) in [5.41, 5.74) is 0.875. The molecule has 1 heterocycles. The van der Waals surface area contributed by atoms with E-state index in [1.54, 1.807) is 18.9 Å². The summed E-state index contributed by atoms with van der Waals surface area (Å²) in [6.07, 6.45) is 1.61. The normalized spacial score (nSPS) is 17.5. The lowest BCUT2D eigenvalue weighted by atomic mass is 10.0. The van der Waals surface area contributed by atoms with Crippen LogP contribution in [0.15, 0.2) is 24.3 Å². The zero-order valence-electron chi connectivity index (χ0n) is 13.7. The second-order valence-corrected chi connectivity index (χ2v) is 5.53. The van der Waals surface area contributed by atoms with Crippen molar-refractivity contribution in [1.82, 2.24) is 10.2 Å². The van der Waals surface area contributed by atoms with Crippen LogP contribution in [0.25, 0.3) is 0 Å². The van der Waals surface area contributed by atoms with Crippen LogP contribution in [0.1, 0.15) is 25.3 Å². The van der Waals surface area contributed by atoms with Gasteiger partial charge in [-0.1, -0.05) is 18.2 Å². The molecule has 6 nitrogen and oxygen atoms in total. The Hall–Kier alpha value is -2.24. The highest BCUT2D eigenvalue weighted by Crippen LogP contribution is 2.19. The van der Waals surface area contributed by atoms with Gasteiger partial charge in [0, 0.05) is 24.7 Å². The number of hydrogen-bond donors (Lipinski definition) is 1. The van der Waals surface area contributed by atoms with Crippen LogP contribution in [-0.4, -0.2) is 49.7 Å². The minimum atomic E-state index is -0.420. The minimum Gasteiger partial charge on any atom is -0.496 e. The molecule has 1 atom stereocenters. The number of benzene rings is 1. The topological polar surface area (TPSA) is 67.9 Å². The number of carbonyl (C=O) groups excluding carboxylic acids is 2. The minimum absolute atomic E-state index is 0.0462. The summed E-state index contributed by atoms with van der Waals surface area (Å²) in [6.45, 7) is 3.35. The highest BCUT2D eigenvalue weighted by atomic mass is 16.5. The predicted octanol–water partition coefficient (Wildman–Crippen LogP) is 1.97. The van der Waals surface area contributed by atoms with Crippen LogP contribution in [0.2, 0.25) is 0 Å². The van der Waals surface area contributed by atoms with Crippen LogP contribution in [0.4, 0.5) is 4.79 Å². The van der Waals surface area contributed by atoms with E-state index in [1.807, 2.05) is 24.3 Å². The van der Waals surface area contributed by atoms with Crippen LogP contribution in [0, 0.1) is 0 Å². The number of hydrogen-bond acceptors (Lipinski definition) is 4. The summed E-state index contributed by atoms with van der Waals surface area (Å²) in [6, 6.07) is 7.47. The Balaban J connectivity index is 1.92. The average molecular weight is 320 g/mol. The molecule has 1 aromatic rings. The van der Waals surface area contributed by atoms with E-state index in [0.29, 0.717) is 19.6 Å². The number of amides is 2. The molecule has 0 radical (unpaired) electrons. The monoisotopic (exact) mass is 320 g/mol. The van der Waals surface area contributed by atoms with E-state index in [1.165, 1.54) is 0 Å². The first-order valence-electron chi connectivity index (χ1n) is 7.97. The molecule has 0 aromatic heterocycles. The number of likely N-dealkylation sites (tertiary alicyclic amines) is 1. The third-order valence-electron chi connectivity index (χ3n) is 3.91. The number of methoxy groups -OCH3 is 1. The van der Waals surface area contributed by atoms with Crippen molar-refractivity contribution in [2.24, 2.45) is 0 Å². The maximum absolute atomic E-state index is 12.5. The third-order valence-corrected chi connectivity index (χ3v) is 3.91. The van der Waals surface area contributed by atoms with Crippen LogP contribution in [-0.2, 0) is 16.0 Å². The first kappa shape index (κ1) is 17.1. The lowest BCUT2D eigenvalue weighted by molar-refractivity contribution is -0.131. The summed E-state index contributed by atoms with van der Waals surface area (Å²) in [5, 5.41) is 2.81. The van der Waals surface area contributed by atoms with Crippen molar-refractivity contribution in [2.75, 3.05) is 26.8 Å². The number of nitrogens with zero attached hydrogens (tertiary/aromatic N) is 1. The SMILES string of the molecule is CCOC(=O)N[C@@H]1CCCN(C(=O)Cc2ccccc2OC)C1. The van der Waals surface area contributed by atoms with Crippen molar-refractivity contribution in [3.05, 3.63) is 29.8 Å². The van der Waals surface area contributed by atoms with Crippen molar-refractivity contribution in [3.8, 4) is 5.75 Å². The lowest BCUT2D eigenvalue weighted by Crippen LogP contribution is -2.50. The molecule has 1 N–H and O–H groups in total. The number of rotatable bonds is 5. The van der Waals surface area contributed by atoms with Crippen molar-refractivity contribution in [1.29, 1.82) is 0 Å². The van der Waals surface area contributed by atoms with Crippen LogP contribution in [0.5, 0.6) is 5.75 Å². The van der Waals surface area contributed by atoms with Crippen LogP contribution >= 0.6 is 0 Å². The smallest absolute Gasteiger partial charge is 0.407 e. The second-order valence-electron chi connectivity index (χ2n) is 5.53. The fraction of sp³-hybridized carbons (Fsp3) is 0.529. The first-order chi connectivity index (χ1) is 11.1. The highest BCUT2D eigenvalue weighted by Gasteiger charge is 2.25. The number of ether oxygens (including phenoxy) is 2. The maximum Gasteiger partial charge on any atom is 0.407 e. The van der Waals surface area contributed by atoms with Gasteiger partial charge in [0.2, 0.25) is 5.91 Å². The van der Waals surface area contributed by atoms with E-state index in [2.05, 4.69) is 5.32 Å². The molecule has 0 bridgehead atoms. The number of para-hydroxylation sites is 1. The van der Waals surface area contributed by atoms with E-state index < -0.39 is 6.09 Å². The Kier molecular flexibility index (Phi) is 6.26. The molecule has 1 fully saturated rings. The molecule has 2 amide bonds. The molecule has 1 saturated heterocycles. The van der Waals surface area contributed by atoms with Crippen LogP contribution < -0.4 is 10.1 Å². The average Bonchev–Trinajstić information content (AvgIpc) is 2.55. The highest BCUT2D eigenvalue weighted by molar-refractivity contribution is 5.79. The first-order valence-corrected chi connectivity index (χ1v) is 7.97. The third kappa shape index (κ3) is 4.87. The quantitative estimate of drug-likeness (QED) is 0.901. The van der Waals surface area contributed by atoms with Gasteiger partial charge >= 0.3 is 6.09 Å². The van der Waals surface area contributed by atoms with E-state index in [9.17, 15) is 9.59 Å². The fourth-order valence-corrected chi connectivity index (χ4v) is 2.78. The molecule has 1 aliphatic rings. The fourth-order valence-electron chi connectivity index (χ4n) is 2.78. The number of nitrogens with one attached hydrogen (secondary N) is 1. The van der Waals surface area contributed by atoms with E-state index in [0.717, 1.165) is 30.7 Å². The molecular formula is C17H24N2O4. The van der Waals surface area contributed by atoms with Gasteiger partial charge in [-0.15, -0.1) is 0 Å². The Morgan fingerprint density at radius 3 is 2.87 bits per heavy atom. The van der Waals surface area contributed by atoms with Crippen molar-refractivity contribution < 1.29 is 19.1 Å². The second kappa shape index (κ2) is 8.41. The van der Waals surface area contributed by atoms with Gasteiger partial charge < -0.3 is 19.7 Å². The van der Waals surface area contributed by atoms with Gasteiger partial charge in [0.1, 0.15) is 5.75 Å². The summed E-state index contributed by atoms with van der Waals surface area (Å²) in [5.74, 6) is 0.768. The van der Waals surface area contributed by atoms with Crippen molar-refractivity contribution in [2.45, 2.75) is 32.2 Å². The lowest BCUT2D eigenvalue weighted by Gasteiger charge is -2.33. The molecule has 126 valence electrons. The molecule has 0 unspecified atom stereocenters. The predicted molar refractivity (Wildman–Crippen MR) is 86.5 cm³/mol. The zero-order chi connectivity index (χ0) is 16.7. The molecule has 2 rings (SSSR count). The van der Waals surface area contributed by atoms with E-state index >= 15 is 0 Å². The zero-order valence-corrected chi connectivity index (χ0v) is 13.7. The Morgan fingerprint density at radius 2 is 2.13 bits per heavy atom. The molecule has 0 saturated carbocycles. The van der Waals surface area contributed by atoms with Gasteiger partial charge in [-0.25, -0.2) is 4.79 Å². The Labute approximate surface area is 136 Å². The molecule has 1 aliphatic heterocycles. The maximum atomic E-state index is 12.5. The van der Waals surface area contributed by atoms with E-state index in [4.69, 9.17) is 9.47 Å². The van der Waals surface area contributed by atoms with Crippen molar-refractivity contribution in [3.63, 3.8) is 0 Å². The number of carbonyl (C=O) groups is 2. The van der Waals surface area contributed by atoms with Crippen LogP contribution in [0.3, 0.4) is 0 Å². The summed E-state index contributed by atoms with van der Waals surface area (Å²) >= 11 is 0. The standard InChI is InChI=1S/C17H24N2O4/c1-3-23-17(21)18-14-8-6-10-19(12-14)16(20)11-13-7-4-5-9-15(13)22-2/h4-5,7,9,14H,3,6,8,10-12H2,1-2H3,(H,18,21)/t14-/m1/s1. The van der Waals surface area contributed by atoms with Gasteiger partial charge in [0.25, 0.3) is 0 Å². The molecular weight excluding hydrogens is 296 g/mol. The Bertz CT molecular complexity index is 547. The number of piperidine rings is 1. The Morgan fingerprint density at radius 1 is 1.35 bits per heavy atom.